The molecule has 0 radical (unpaired) electrons. The Hall–Kier alpha value is -1.02. The van der Waals surface area contributed by atoms with Crippen LogP contribution in [0.5, 0.6) is 5.75 Å². The third-order valence-electron chi connectivity index (χ3n) is 3.65. The SMILES string of the molecule is CC(NCc1cccc(O)c1)C1CCCC1. The molecular weight excluding hydrogens is 198 g/mol. The molecule has 0 saturated heterocycles. The Bertz CT molecular complexity index is 331. The zero-order valence-corrected chi connectivity index (χ0v) is 9.95. The molecule has 0 aliphatic heterocycles. The first kappa shape index (κ1) is 11.5. The standard InChI is InChI=1S/C14H21NO/c1-11(13-6-2-3-7-13)15-10-12-5-4-8-14(16)9-12/h4-5,8-9,11,13,15-16H,2-3,6-7,10H2,1H3. The van der Waals surface area contributed by atoms with Crippen LogP contribution in [0.25, 0.3) is 0 Å². The van der Waals surface area contributed by atoms with Crippen molar-refractivity contribution in [3.05, 3.63) is 29.8 Å². The molecule has 2 nitrogen and oxygen atoms in total. The van der Waals surface area contributed by atoms with Gasteiger partial charge in [-0.05, 0) is 43.4 Å². The Labute approximate surface area is 97.7 Å². The summed E-state index contributed by atoms with van der Waals surface area (Å²) in [5.41, 5.74) is 1.16. The molecule has 1 aromatic carbocycles. The van der Waals surface area contributed by atoms with Crippen molar-refractivity contribution in [3.63, 3.8) is 0 Å². The van der Waals surface area contributed by atoms with E-state index in [2.05, 4.69) is 12.2 Å². The highest BCUT2D eigenvalue weighted by atomic mass is 16.3. The van der Waals surface area contributed by atoms with E-state index in [0.29, 0.717) is 11.8 Å². The minimum atomic E-state index is 0.354. The third-order valence-corrected chi connectivity index (χ3v) is 3.65. The first-order valence-corrected chi connectivity index (χ1v) is 6.27. The number of benzene rings is 1. The maximum absolute atomic E-state index is 9.36. The molecule has 0 spiro atoms. The summed E-state index contributed by atoms with van der Waals surface area (Å²) in [6.07, 6.45) is 5.52. The number of aromatic hydroxyl groups is 1. The fourth-order valence-electron chi connectivity index (χ4n) is 2.57. The van der Waals surface area contributed by atoms with E-state index in [-0.39, 0.29) is 0 Å². The smallest absolute Gasteiger partial charge is 0.115 e. The molecule has 1 aliphatic rings. The van der Waals surface area contributed by atoms with Gasteiger partial charge in [0.05, 0.1) is 0 Å². The molecule has 0 aromatic heterocycles. The predicted octanol–water partition coefficient (Wildman–Crippen LogP) is 3.06. The van der Waals surface area contributed by atoms with Gasteiger partial charge in [-0.15, -0.1) is 0 Å². The maximum Gasteiger partial charge on any atom is 0.115 e. The quantitative estimate of drug-likeness (QED) is 0.815. The lowest BCUT2D eigenvalue weighted by Gasteiger charge is -2.20. The molecule has 2 N–H and O–H groups in total. The molecule has 88 valence electrons. The van der Waals surface area contributed by atoms with Crippen molar-refractivity contribution in [1.82, 2.24) is 5.32 Å². The molecule has 1 atom stereocenters. The lowest BCUT2D eigenvalue weighted by Crippen LogP contribution is -2.31. The molecule has 1 aromatic rings. The van der Waals surface area contributed by atoms with Gasteiger partial charge in [-0.3, -0.25) is 0 Å². The maximum atomic E-state index is 9.36. The molecule has 1 fully saturated rings. The number of nitrogens with one attached hydrogen (secondary N) is 1. The molecule has 0 bridgehead atoms. The predicted molar refractivity (Wildman–Crippen MR) is 66.4 cm³/mol. The Morgan fingerprint density at radius 3 is 2.81 bits per heavy atom. The summed E-state index contributed by atoms with van der Waals surface area (Å²) >= 11 is 0. The highest BCUT2D eigenvalue weighted by Crippen LogP contribution is 2.27. The largest absolute Gasteiger partial charge is 0.508 e. The Morgan fingerprint density at radius 1 is 1.38 bits per heavy atom. The van der Waals surface area contributed by atoms with Gasteiger partial charge in [-0.1, -0.05) is 25.0 Å². The molecular formula is C14H21NO. The fraction of sp³-hybridized carbons (Fsp3) is 0.571. The van der Waals surface area contributed by atoms with Gasteiger partial charge in [0.1, 0.15) is 5.75 Å². The van der Waals surface area contributed by atoms with E-state index in [1.807, 2.05) is 18.2 Å². The van der Waals surface area contributed by atoms with Gasteiger partial charge >= 0.3 is 0 Å². The van der Waals surface area contributed by atoms with Crippen molar-refractivity contribution in [2.45, 2.75) is 45.2 Å². The molecule has 1 saturated carbocycles. The lowest BCUT2D eigenvalue weighted by molar-refractivity contribution is 0.380. The second-order valence-corrected chi connectivity index (χ2v) is 4.88. The number of rotatable bonds is 4. The minimum Gasteiger partial charge on any atom is -0.508 e. The van der Waals surface area contributed by atoms with E-state index in [1.165, 1.54) is 25.7 Å². The highest BCUT2D eigenvalue weighted by Gasteiger charge is 2.20. The van der Waals surface area contributed by atoms with Crippen LogP contribution >= 0.6 is 0 Å². The molecule has 0 amide bonds. The molecule has 1 unspecified atom stereocenters. The van der Waals surface area contributed by atoms with Crippen LogP contribution in [0.4, 0.5) is 0 Å². The van der Waals surface area contributed by atoms with Crippen molar-refractivity contribution < 1.29 is 5.11 Å². The second-order valence-electron chi connectivity index (χ2n) is 4.88. The van der Waals surface area contributed by atoms with Crippen LogP contribution in [0.2, 0.25) is 0 Å². The zero-order valence-electron chi connectivity index (χ0n) is 9.95. The van der Waals surface area contributed by atoms with Crippen LogP contribution in [0, 0.1) is 5.92 Å². The Morgan fingerprint density at radius 2 is 2.12 bits per heavy atom. The Balaban J connectivity index is 1.82. The lowest BCUT2D eigenvalue weighted by atomic mass is 9.99. The summed E-state index contributed by atoms with van der Waals surface area (Å²) in [5, 5.41) is 12.9. The molecule has 1 aliphatic carbocycles. The van der Waals surface area contributed by atoms with E-state index >= 15 is 0 Å². The van der Waals surface area contributed by atoms with Crippen molar-refractivity contribution in [2.75, 3.05) is 0 Å². The summed E-state index contributed by atoms with van der Waals surface area (Å²) < 4.78 is 0. The first-order chi connectivity index (χ1) is 7.75. The summed E-state index contributed by atoms with van der Waals surface area (Å²) in [5.74, 6) is 1.20. The van der Waals surface area contributed by atoms with Gasteiger partial charge in [0.25, 0.3) is 0 Å². The topological polar surface area (TPSA) is 32.3 Å². The van der Waals surface area contributed by atoms with E-state index in [9.17, 15) is 5.11 Å². The van der Waals surface area contributed by atoms with Crippen molar-refractivity contribution in [3.8, 4) is 5.75 Å². The van der Waals surface area contributed by atoms with E-state index in [1.54, 1.807) is 6.07 Å². The minimum absolute atomic E-state index is 0.354. The van der Waals surface area contributed by atoms with Gasteiger partial charge in [0.15, 0.2) is 0 Å². The normalized spacial score (nSPS) is 18.8. The van der Waals surface area contributed by atoms with Crippen LogP contribution in [0.15, 0.2) is 24.3 Å². The molecule has 2 rings (SSSR count). The first-order valence-electron chi connectivity index (χ1n) is 6.27. The number of hydrogen-bond acceptors (Lipinski definition) is 2. The van der Waals surface area contributed by atoms with Crippen LogP contribution in [-0.4, -0.2) is 11.1 Å². The van der Waals surface area contributed by atoms with Crippen LogP contribution < -0.4 is 5.32 Å². The van der Waals surface area contributed by atoms with Crippen molar-refractivity contribution in [1.29, 1.82) is 0 Å². The monoisotopic (exact) mass is 219 g/mol. The molecule has 2 heteroatoms. The molecule has 16 heavy (non-hydrogen) atoms. The summed E-state index contributed by atoms with van der Waals surface area (Å²) in [7, 11) is 0. The van der Waals surface area contributed by atoms with Gasteiger partial charge in [-0.25, -0.2) is 0 Å². The van der Waals surface area contributed by atoms with Gasteiger partial charge in [-0.2, -0.15) is 0 Å². The summed E-state index contributed by atoms with van der Waals surface area (Å²) in [6.45, 7) is 3.13. The second kappa shape index (κ2) is 5.35. The number of hydrogen-bond donors (Lipinski definition) is 2. The van der Waals surface area contributed by atoms with Gasteiger partial charge < -0.3 is 10.4 Å². The summed E-state index contributed by atoms with van der Waals surface area (Å²) in [4.78, 5) is 0. The van der Waals surface area contributed by atoms with E-state index < -0.39 is 0 Å². The fourth-order valence-corrected chi connectivity index (χ4v) is 2.57. The number of phenolic OH excluding ortho intramolecular Hbond substituents is 1. The number of phenols is 1. The zero-order chi connectivity index (χ0) is 11.4. The van der Waals surface area contributed by atoms with Crippen molar-refractivity contribution >= 4 is 0 Å². The average molecular weight is 219 g/mol. The van der Waals surface area contributed by atoms with Gasteiger partial charge in [0, 0.05) is 12.6 Å². The van der Waals surface area contributed by atoms with Crippen LogP contribution in [0.3, 0.4) is 0 Å². The van der Waals surface area contributed by atoms with Crippen LogP contribution in [-0.2, 0) is 6.54 Å². The van der Waals surface area contributed by atoms with Crippen LogP contribution in [0.1, 0.15) is 38.2 Å². The van der Waals surface area contributed by atoms with Crippen molar-refractivity contribution in [2.24, 2.45) is 5.92 Å². The average Bonchev–Trinajstić information content (AvgIpc) is 2.79. The Kier molecular flexibility index (Phi) is 3.83. The summed E-state index contributed by atoms with van der Waals surface area (Å²) in [6, 6.07) is 8.07. The van der Waals surface area contributed by atoms with E-state index in [4.69, 9.17) is 0 Å². The third kappa shape index (κ3) is 2.99. The van der Waals surface area contributed by atoms with E-state index in [0.717, 1.165) is 18.0 Å². The molecule has 0 heterocycles. The highest BCUT2D eigenvalue weighted by molar-refractivity contribution is 5.26. The van der Waals surface area contributed by atoms with Gasteiger partial charge in [0.2, 0.25) is 0 Å².